The SMILES string of the molecule is CCC(C)C(=O)O[C@H]1C(C)(C)[C@H](CC(=O)OC)[C@]2(C)C(=O)[C@@]1(O)[C@H]1O[C@]13[C@@H]1CC(=O)O[C@@H](c4ccoc4)[C@]1(C)CC[C@H]23. The van der Waals surface area contributed by atoms with Crippen LogP contribution in [0.15, 0.2) is 23.0 Å². The molecule has 3 aliphatic carbocycles. The second-order valence-corrected chi connectivity index (χ2v) is 14.3. The topological polar surface area (TPSA) is 142 Å². The molecule has 10 heteroatoms. The van der Waals surface area contributed by atoms with Crippen LogP contribution in [0.5, 0.6) is 0 Å². The molecule has 5 aliphatic rings. The highest BCUT2D eigenvalue weighted by atomic mass is 16.6. The largest absolute Gasteiger partial charge is 0.472 e. The summed E-state index contributed by atoms with van der Waals surface area (Å²) in [5.41, 5.74) is -5.30. The number of rotatable bonds is 6. The second-order valence-electron chi connectivity index (χ2n) is 14.3. The molecule has 5 fully saturated rings. The number of ketones is 1. The molecule has 1 aromatic rings. The molecule has 2 bridgehead atoms. The van der Waals surface area contributed by atoms with Gasteiger partial charge in [-0.15, -0.1) is 0 Å². The van der Waals surface area contributed by atoms with E-state index in [9.17, 15) is 24.3 Å². The van der Waals surface area contributed by atoms with Crippen LogP contribution < -0.4 is 0 Å². The molecule has 1 aromatic heterocycles. The summed E-state index contributed by atoms with van der Waals surface area (Å²) in [5, 5.41) is 12.7. The molecule has 1 N–H and O–H groups in total. The molecule has 0 amide bonds. The molecule has 1 spiro atoms. The van der Waals surface area contributed by atoms with Crippen molar-refractivity contribution in [2.24, 2.45) is 39.9 Å². The molecule has 230 valence electrons. The van der Waals surface area contributed by atoms with E-state index in [-0.39, 0.29) is 12.8 Å². The zero-order valence-electron chi connectivity index (χ0n) is 25.4. The first-order chi connectivity index (χ1) is 19.6. The summed E-state index contributed by atoms with van der Waals surface area (Å²) in [6.07, 6.45) is 1.92. The lowest BCUT2D eigenvalue weighted by Gasteiger charge is -2.66. The molecule has 6 rings (SSSR count). The third-order valence-corrected chi connectivity index (χ3v) is 12.1. The maximum Gasteiger partial charge on any atom is 0.309 e. The van der Waals surface area contributed by atoms with Gasteiger partial charge in [-0.1, -0.05) is 41.5 Å². The summed E-state index contributed by atoms with van der Waals surface area (Å²) in [4.78, 5) is 54.0. The van der Waals surface area contributed by atoms with E-state index in [0.717, 1.165) is 5.56 Å². The molecule has 2 saturated heterocycles. The number of methoxy groups -OCH3 is 1. The number of furan rings is 1. The van der Waals surface area contributed by atoms with Crippen LogP contribution in [0.4, 0.5) is 0 Å². The summed E-state index contributed by atoms with van der Waals surface area (Å²) < 4.78 is 29.1. The highest BCUT2D eigenvalue weighted by Crippen LogP contribution is 2.78. The molecule has 0 radical (unpaired) electrons. The van der Waals surface area contributed by atoms with Crippen LogP contribution in [0.25, 0.3) is 0 Å². The highest BCUT2D eigenvalue weighted by Gasteiger charge is 2.90. The molecule has 3 saturated carbocycles. The Hall–Kier alpha value is -2.72. The number of epoxide rings is 1. The van der Waals surface area contributed by atoms with Crippen molar-refractivity contribution in [3.8, 4) is 0 Å². The molecule has 1 unspecified atom stereocenters. The Bertz CT molecular complexity index is 1320. The fourth-order valence-corrected chi connectivity index (χ4v) is 9.83. The van der Waals surface area contributed by atoms with Crippen LogP contribution in [0.1, 0.15) is 85.3 Å². The number of ether oxygens (including phenoxy) is 4. The van der Waals surface area contributed by atoms with Gasteiger partial charge < -0.3 is 28.5 Å². The van der Waals surface area contributed by atoms with Gasteiger partial charge in [0.15, 0.2) is 11.4 Å². The molecule has 2 aliphatic heterocycles. The summed E-state index contributed by atoms with van der Waals surface area (Å²) in [5.74, 6) is -3.77. The van der Waals surface area contributed by atoms with E-state index in [2.05, 4.69) is 6.92 Å². The zero-order valence-corrected chi connectivity index (χ0v) is 25.4. The lowest BCUT2D eigenvalue weighted by molar-refractivity contribution is -0.252. The predicted molar refractivity (Wildman–Crippen MR) is 145 cm³/mol. The summed E-state index contributed by atoms with van der Waals surface area (Å²) in [6.45, 7) is 11.2. The van der Waals surface area contributed by atoms with Crippen LogP contribution in [0.3, 0.4) is 0 Å². The van der Waals surface area contributed by atoms with Crippen LogP contribution in [0, 0.1) is 39.9 Å². The lowest BCUT2D eigenvalue weighted by Crippen LogP contribution is -2.80. The maximum absolute atomic E-state index is 14.7. The number of fused-ring (bicyclic) bond motifs is 5. The van der Waals surface area contributed by atoms with Crippen molar-refractivity contribution >= 4 is 23.7 Å². The average molecular weight is 587 g/mol. The van der Waals surface area contributed by atoms with E-state index >= 15 is 0 Å². The van der Waals surface area contributed by atoms with Crippen molar-refractivity contribution in [1.29, 1.82) is 0 Å². The number of hydrogen-bond acceptors (Lipinski definition) is 10. The van der Waals surface area contributed by atoms with E-state index in [1.165, 1.54) is 7.11 Å². The van der Waals surface area contributed by atoms with Crippen LogP contribution in [-0.4, -0.2) is 59.3 Å². The first kappa shape index (κ1) is 29.4. The van der Waals surface area contributed by atoms with E-state index in [0.29, 0.717) is 19.3 Å². The minimum absolute atomic E-state index is 0.0561. The molecular weight excluding hydrogens is 544 g/mol. The van der Waals surface area contributed by atoms with Gasteiger partial charge in [0.05, 0.1) is 32.0 Å². The minimum atomic E-state index is -2.17. The van der Waals surface area contributed by atoms with Crippen LogP contribution in [-0.2, 0) is 38.1 Å². The summed E-state index contributed by atoms with van der Waals surface area (Å²) in [7, 11) is 1.30. The number of cyclic esters (lactones) is 1. The molecule has 10 nitrogen and oxygen atoms in total. The Kier molecular flexibility index (Phi) is 6.39. The first-order valence-corrected chi connectivity index (χ1v) is 15.1. The zero-order chi connectivity index (χ0) is 30.6. The number of carbonyl (C=O) groups is 4. The smallest absolute Gasteiger partial charge is 0.309 e. The fraction of sp³-hybridized carbons (Fsp3) is 0.750. The standard InChI is InChI=1S/C32H42O10/c1-8-16(2)24(35)41-26-28(3,4)19(13-21(33)38-7)30(6)18-9-11-29(5)20(32(18)27(42-32)31(26,37)25(30)36)14-22(34)40-23(29)17-10-12-39-15-17/h10,12,15-16,18-20,23,26-27,37H,8-9,11,13-14H2,1-7H3/t16?,18-,19+,20-,23+,26+,27-,29-,30-,31+,32-/m1/s1. The molecule has 0 aromatic carbocycles. The van der Waals surface area contributed by atoms with Gasteiger partial charge in [-0.25, -0.2) is 0 Å². The minimum Gasteiger partial charge on any atom is -0.472 e. The van der Waals surface area contributed by atoms with E-state index in [1.54, 1.807) is 25.5 Å². The van der Waals surface area contributed by atoms with Gasteiger partial charge in [0.25, 0.3) is 0 Å². The fourth-order valence-electron chi connectivity index (χ4n) is 9.83. The lowest BCUT2D eigenvalue weighted by atomic mass is 9.36. The number of hydrogen-bond donors (Lipinski definition) is 1. The number of Topliss-reactive ketones (excluding diaryl/α,β-unsaturated/α-hetero) is 1. The Morgan fingerprint density at radius 2 is 1.88 bits per heavy atom. The van der Waals surface area contributed by atoms with E-state index < -0.39 is 93.1 Å². The Balaban J connectivity index is 1.52. The van der Waals surface area contributed by atoms with Crippen molar-refractivity contribution in [3.63, 3.8) is 0 Å². The predicted octanol–water partition coefficient (Wildman–Crippen LogP) is 3.93. The third-order valence-electron chi connectivity index (χ3n) is 12.1. The third kappa shape index (κ3) is 3.45. The van der Waals surface area contributed by atoms with Crippen LogP contribution in [0.2, 0.25) is 0 Å². The van der Waals surface area contributed by atoms with Gasteiger partial charge in [0.1, 0.15) is 23.9 Å². The number of esters is 3. The van der Waals surface area contributed by atoms with Gasteiger partial charge >= 0.3 is 17.9 Å². The van der Waals surface area contributed by atoms with Gasteiger partial charge in [-0.3, -0.25) is 19.2 Å². The van der Waals surface area contributed by atoms with Crippen molar-refractivity contribution in [2.45, 2.75) is 103 Å². The average Bonchev–Trinajstić information content (AvgIpc) is 3.44. The first-order valence-electron chi connectivity index (χ1n) is 15.1. The van der Waals surface area contributed by atoms with Crippen molar-refractivity contribution in [3.05, 3.63) is 24.2 Å². The molecule has 3 heterocycles. The monoisotopic (exact) mass is 586 g/mol. The second kappa shape index (κ2) is 9.14. The van der Waals surface area contributed by atoms with E-state index in [1.807, 2.05) is 27.7 Å². The van der Waals surface area contributed by atoms with Crippen molar-refractivity contribution in [1.82, 2.24) is 0 Å². The molecule has 11 atom stereocenters. The van der Waals surface area contributed by atoms with Crippen molar-refractivity contribution in [2.75, 3.05) is 7.11 Å². The van der Waals surface area contributed by atoms with Gasteiger partial charge in [0.2, 0.25) is 0 Å². The van der Waals surface area contributed by atoms with Gasteiger partial charge in [-0.2, -0.15) is 0 Å². The Labute approximate surface area is 245 Å². The van der Waals surface area contributed by atoms with Crippen molar-refractivity contribution < 1.29 is 47.6 Å². The Morgan fingerprint density at radius 3 is 2.50 bits per heavy atom. The summed E-state index contributed by atoms with van der Waals surface area (Å²) in [6, 6.07) is 1.79. The Morgan fingerprint density at radius 1 is 1.17 bits per heavy atom. The maximum atomic E-state index is 14.7. The summed E-state index contributed by atoms with van der Waals surface area (Å²) >= 11 is 0. The number of aliphatic hydroxyl groups is 1. The van der Waals surface area contributed by atoms with Gasteiger partial charge in [0, 0.05) is 40.1 Å². The quantitative estimate of drug-likeness (QED) is 0.296. The number of carbonyl (C=O) groups excluding carboxylic acids is 4. The highest BCUT2D eigenvalue weighted by molar-refractivity contribution is 5.99. The molecule has 42 heavy (non-hydrogen) atoms. The molecular formula is C32H42O10. The van der Waals surface area contributed by atoms with Gasteiger partial charge in [-0.05, 0) is 31.2 Å². The van der Waals surface area contributed by atoms with E-state index in [4.69, 9.17) is 23.4 Å². The van der Waals surface area contributed by atoms with Crippen LogP contribution >= 0.6 is 0 Å². The normalized spacial score (nSPS) is 45.4.